The molecule has 3 rings (SSSR count). The first-order valence-electron chi connectivity index (χ1n) is 7.81. The number of ether oxygens (including phenoxy) is 1. The standard InChI is InChI=1S/C17H19FN4O2/c18-14-5-3-13(4-6-14)16(24-15-2-1-7-20-12-15)21-17(23)22-10-8-19-9-11-22/h1-7,12,16,19H,8-11H2,(H,21,23). The molecule has 0 aliphatic carbocycles. The molecule has 0 radical (unpaired) electrons. The van der Waals surface area contributed by atoms with Crippen molar-refractivity contribution in [2.75, 3.05) is 26.2 Å². The van der Waals surface area contributed by atoms with Gasteiger partial charge in [0.25, 0.3) is 0 Å². The number of carbonyl (C=O) groups excluding carboxylic acids is 1. The van der Waals surface area contributed by atoms with Gasteiger partial charge < -0.3 is 15.0 Å². The third-order valence-electron chi connectivity index (χ3n) is 3.72. The zero-order valence-corrected chi connectivity index (χ0v) is 13.1. The van der Waals surface area contributed by atoms with Gasteiger partial charge in [0.05, 0.1) is 6.20 Å². The highest BCUT2D eigenvalue weighted by Gasteiger charge is 2.22. The number of hydrogen-bond acceptors (Lipinski definition) is 4. The van der Waals surface area contributed by atoms with Crippen LogP contribution in [-0.4, -0.2) is 42.1 Å². The molecule has 2 aromatic rings. The molecule has 0 saturated carbocycles. The fourth-order valence-electron chi connectivity index (χ4n) is 2.44. The van der Waals surface area contributed by atoms with E-state index in [1.165, 1.54) is 12.1 Å². The molecule has 1 aliphatic rings. The van der Waals surface area contributed by atoms with Crippen LogP contribution < -0.4 is 15.4 Å². The second kappa shape index (κ2) is 7.74. The zero-order chi connectivity index (χ0) is 16.8. The summed E-state index contributed by atoms with van der Waals surface area (Å²) in [5.41, 5.74) is 0.656. The van der Waals surface area contributed by atoms with Crippen LogP contribution in [0.5, 0.6) is 5.75 Å². The van der Waals surface area contributed by atoms with Crippen LogP contribution in [0.3, 0.4) is 0 Å². The Labute approximate surface area is 139 Å². The Morgan fingerprint density at radius 1 is 1.25 bits per heavy atom. The number of urea groups is 1. The molecular weight excluding hydrogens is 311 g/mol. The lowest BCUT2D eigenvalue weighted by Crippen LogP contribution is -2.51. The first kappa shape index (κ1) is 16.2. The maximum absolute atomic E-state index is 13.2. The number of benzene rings is 1. The largest absolute Gasteiger partial charge is 0.465 e. The predicted octanol–water partition coefficient (Wildman–Crippen LogP) is 1.91. The van der Waals surface area contributed by atoms with E-state index in [4.69, 9.17) is 4.74 Å². The van der Waals surface area contributed by atoms with Crippen LogP contribution in [-0.2, 0) is 0 Å². The summed E-state index contributed by atoms with van der Waals surface area (Å²) in [4.78, 5) is 18.2. The van der Waals surface area contributed by atoms with Crippen molar-refractivity contribution in [3.63, 3.8) is 0 Å². The Hall–Kier alpha value is -2.67. The third-order valence-corrected chi connectivity index (χ3v) is 3.72. The lowest BCUT2D eigenvalue weighted by Gasteiger charge is -2.30. The third kappa shape index (κ3) is 4.20. The SMILES string of the molecule is O=C(NC(Oc1cccnc1)c1ccc(F)cc1)N1CCNCC1. The van der Waals surface area contributed by atoms with Crippen LogP contribution in [0.4, 0.5) is 9.18 Å². The van der Waals surface area contributed by atoms with Crippen molar-refractivity contribution in [1.29, 1.82) is 0 Å². The lowest BCUT2D eigenvalue weighted by molar-refractivity contribution is 0.139. The van der Waals surface area contributed by atoms with Gasteiger partial charge in [-0.15, -0.1) is 0 Å². The summed E-state index contributed by atoms with van der Waals surface area (Å²) >= 11 is 0. The Balaban J connectivity index is 1.76. The molecule has 1 unspecified atom stereocenters. The average molecular weight is 330 g/mol. The highest BCUT2D eigenvalue weighted by Crippen LogP contribution is 2.20. The molecule has 0 spiro atoms. The van der Waals surface area contributed by atoms with Crippen LogP contribution in [0.15, 0.2) is 48.8 Å². The van der Waals surface area contributed by atoms with Gasteiger partial charge in [-0.1, -0.05) is 12.1 Å². The van der Waals surface area contributed by atoms with Crippen molar-refractivity contribution >= 4 is 6.03 Å². The maximum Gasteiger partial charge on any atom is 0.320 e. The summed E-state index contributed by atoms with van der Waals surface area (Å²) in [6, 6.07) is 9.14. The van der Waals surface area contributed by atoms with Crippen molar-refractivity contribution in [3.05, 3.63) is 60.2 Å². The summed E-state index contributed by atoms with van der Waals surface area (Å²) < 4.78 is 19.0. The van der Waals surface area contributed by atoms with Crippen LogP contribution in [0.25, 0.3) is 0 Å². The van der Waals surface area contributed by atoms with E-state index >= 15 is 0 Å². The van der Waals surface area contributed by atoms with Gasteiger partial charge in [-0.2, -0.15) is 0 Å². The number of piperazine rings is 1. The Morgan fingerprint density at radius 2 is 2.00 bits per heavy atom. The predicted molar refractivity (Wildman–Crippen MR) is 87.0 cm³/mol. The molecule has 6 nitrogen and oxygen atoms in total. The van der Waals surface area contributed by atoms with Crippen LogP contribution in [0.1, 0.15) is 11.8 Å². The number of nitrogens with one attached hydrogen (secondary N) is 2. The molecule has 1 aromatic heterocycles. The summed E-state index contributed by atoms with van der Waals surface area (Å²) in [5.74, 6) is 0.180. The second-order valence-electron chi connectivity index (χ2n) is 5.42. The fraction of sp³-hybridized carbons (Fsp3) is 0.294. The van der Waals surface area contributed by atoms with Crippen LogP contribution >= 0.6 is 0 Å². The van der Waals surface area contributed by atoms with E-state index in [1.807, 2.05) is 0 Å². The quantitative estimate of drug-likeness (QED) is 0.841. The highest BCUT2D eigenvalue weighted by molar-refractivity contribution is 5.74. The highest BCUT2D eigenvalue weighted by atomic mass is 19.1. The minimum absolute atomic E-state index is 0.213. The molecule has 1 aromatic carbocycles. The molecule has 7 heteroatoms. The van der Waals surface area contributed by atoms with E-state index in [-0.39, 0.29) is 11.8 Å². The first-order chi connectivity index (χ1) is 11.7. The molecule has 2 amide bonds. The molecular formula is C17H19FN4O2. The summed E-state index contributed by atoms with van der Waals surface area (Å²) in [6.45, 7) is 2.79. The van der Waals surface area contributed by atoms with Gasteiger partial charge in [0.15, 0.2) is 6.23 Å². The van der Waals surface area contributed by atoms with E-state index < -0.39 is 6.23 Å². The molecule has 1 fully saturated rings. The van der Waals surface area contributed by atoms with E-state index in [1.54, 1.807) is 41.6 Å². The number of halogens is 1. The Bertz CT molecular complexity index is 660. The summed E-state index contributed by atoms with van der Waals surface area (Å²) in [6.07, 6.45) is 2.48. The number of hydrogen-bond donors (Lipinski definition) is 2. The minimum Gasteiger partial charge on any atom is -0.465 e. The van der Waals surface area contributed by atoms with E-state index in [0.717, 1.165) is 13.1 Å². The van der Waals surface area contributed by atoms with E-state index in [0.29, 0.717) is 24.4 Å². The van der Waals surface area contributed by atoms with Gasteiger partial charge in [-0.25, -0.2) is 9.18 Å². The van der Waals surface area contributed by atoms with Crippen molar-refractivity contribution < 1.29 is 13.9 Å². The zero-order valence-electron chi connectivity index (χ0n) is 13.1. The average Bonchev–Trinajstić information content (AvgIpc) is 2.63. The van der Waals surface area contributed by atoms with Crippen LogP contribution in [0, 0.1) is 5.82 Å². The number of rotatable bonds is 4. The maximum atomic E-state index is 13.2. The number of carbonyl (C=O) groups is 1. The molecule has 24 heavy (non-hydrogen) atoms. The Morgan fingerprint density at radius 3 is 2.67 bits per heavy atom. The summed E-state index contributed by atoms with van der Waals surface area (Å²) in [5, 5.41) is 6.06. The minimum atomic E-state index is -0.725. The first-order valence-corrected chi connectivity index (χ1v) is 7.81. The van der Waals surface area contributed by atoms with E-state index in [9.17, 15) is 9.18 Å². The topological polar surface area (TPSA) is 66.5 Å². The van der Waals surface area contributed by atoms with Crippen molar-refractivity contribution in [2.24, 2.45) is 0 Å². The van der Waals surface area contributed by atoms with Gasteiger partial charge in [0.2, 0.25) is 0 Å². The van der Waals surface area contributed by atoms with E-state index in [2.05, 4.69) is 15.6 Å². The molecule has 1 aliphatic heterocycles. The second-order valence-corrected chi connectivity index (χ2v) is 5.42. The van der Waals surface area contributed by atoms with Crippen molar-refractivity contribution in [1.82, 2.24) is 20.5 Å². The molecule has 0 bridgehead atoms. The van der Waals surface area contributed by atoms with Gasteiger partial charge in [0, 0.05) is 37.9 Å². The number of amides is 2. The smallest absolute Gasteiger partial charge is 0.320 e. The van der Waals surface area contributed by atoms with Crippen molar-refractivity contribution in [3.8, 4) is 5.75 Å². The molecule has 1 atom stereocenters. The van der Waals surface area contributed by atoms with Gasteiger partial charge >= 0.3 is 6.03 Å². The monoisotopic (exact) mass is 330 g/mol. The Kier molecular flexibility index (Phi) is 5.22. The summed E-state index contributed by atoms with van der Waals surface area (Å²) in [7, 11) is 0. The fourth-order valence-corrected chi connectivity index (χ4v) is 2.44. The number of aromatic nitrogens is 1. The van der Waals surface area contributed by atoms with Crippen LogP contribution in [0.2, 0.25) is 0 Å². The molecule has 1 saturated heterocycles. The number of pyridine rings is 1. The van der Waals surface area contributed by atoms with Gasteiger partial charge in [0.1, 0.15) is 11.6 Å². The van der Waals surface area contributed by atoms with Gasteiger partial charge in [-0.3, -0.25) is 10.3 Å². The molecule has 2 heterocycles. The lowest BCUT2D eigenvalue weighted by atomic mass is 10.2. The van der Waals surface area contributed by atoms with Gasteiger partial charge in [-0.05, 0) is 24.3 Å². The molecule has 126 valence electrons. The van der Waals surface area contributed by atoms with Crippen molar-refractivity contribution in [2.45, 2.75) is 6.23 Å². The molecule has 2 N–H and O–H groups in total. The normalized spacial score (nSPS) is 15.6. The number of nitrogens with zero attached hydrogens (tertiary/aromatic N) is 2.